The van der Waals surface area contributed by atoms with E-state index in [4.69, 9.17) is 11.6 Å². The van der Waals surface area contributed by atoms with Crippen molar-refractivity contribution in [3.8, 4) is 0 Å². The Labute approximate surface area is 74.1 Å². The van der Waals surface area contributed by atoms with Crippen molar-refractivity contribution in [2.75, 3.05) is 13.0 Å². The summed E-state index contributed by atoms with van der Waals surface area (Å²) in [5, 5.41) is 0. The molecule has 42 valence electrons. The average molecular weight is 347 g/mol. The topological polar surface area (TPSA) is 9.23 Å². The molecule has 0 aromatic carbocycles. The molecule has 0 aliphatic carbocycles. The van der Waals surface area contributed by atoms with Crippen molar-refractivity contribution >= 4 is 11.6 Å². The summed E-state index contributed by atoms with van der Waals surface area (Å²) < 4.78 is 4.43. The maximum atomic E-state index is 5.12. The van der Waals surface area contributed by atoms with Gasteiger partial charge in [-0.1, -0.05) is 5.88 Å². The third kappa shape index (κ3) is 18.8. The minimum Gasteiger partial charge on any atom is -0.553 e. The number of hydrogen-bond donors (Lipinski definition) is 0. The molecule has 0 aromatic heterocycles. The first-order valence-electron chi connectivity index (χ1n) is 1.32. The Bertz CT molecular complexity index is 19.2. The Balaban J connectivity index is -0.0000000800. The van der Waals surface area contributed by atoms with E-state index >= 15 is 0 Å². The molecule has 0 radical (unpaired) electrons. The Morgan fingerprint density at radius 1 is 1.71 bits per heavy atom. The maximum Gasteiger partial charge on any atom is 2.00 e. The predicted molar refractivity (Wildman–Crippen MR) is 28.4 cm³/mol. The molecule has 0 spiro atoms. The van der Waals surface area contributed by atoms with Gasteiger partial charge < -0.3 is 12.2 Å². The van der Waals surface area contributed by atoms with Gasteiger partial charge in [0.15, 0.2) is 0 Å². The van der Waals surface area contributed by atoms with Crippen LogP contribution in [0.5, 0.6) is 0 Å². The normalized spacial score (nSPS) is 6.00. The first-order valence-corrected chi connectivity index (χ1v) is 1.85. The molecule has 7 heavy (non-hydrogen) atoms. The number of hydrogen-bond acceptors (Lipinski definition) is 1. The molecule has 0 unspecified atom stereocenters. The molecule has 0 N–H and O–H groups in total. The third-order valence-electron chi connectivity index (χ3n) is 0.230. The maximum absolute atomic E-state index is 5.12. The molecule has 0 aromatic rings. The standard InChI is InChI=1S/C3H6ClO.CH3.U/c1-5-3-2-4;;/h3H,2H2,1H3;1H3;/q2*-1;+2. The fourth-order valence-electron chi connectivity index (χ4n) is 0.0630. The molecule has 0 aliphatic heterocycles. The second-order valence-corrected chi connectivity index (χ2v) is 0.865. The predicted octanol–water partition coefficient (Wildman–Crippen LogP) is 1.48. The van der Waals surface area contributed by atoms with Crippen molar-refractivity contribution in [2.24, 2.45) is 0 Å². The molecule has 0 heterocycles. The van der Waals surface area contributed by atoms with Crippen LogP contribution in [0.4, 0.5) is 0 Å². The summed E-state index contributed by atoms with van der Waals surface area (Å²) in [7, 11) is 1.57. The molecular weight excluding hydrogens is 338 g/mol. The van der Waals surface area contributed by atoms with Crippen LogP contribution < -0.4 is 0 Å². The summed E-state index contributed by atoms with van der Waals surface area (Å²) >= 11 is 5.12. The zero-order valence-corrected chi connectivity index (χ0v) is 9.49. The van der Waals surface area contributed by atoms with E-state index in [9.17, 15) is 0 Å². The second-order valence-electron chi connectivity index (χ2n) is 0.557. The van der Waals surface area contributed by atoms with Gasteiger partial charge in [-0.3, -0.25) is 0 Å². The average Bonchev–Trinajstić information content (AvgIpc) is 1.41. The van der Waals surface area contributed by atoms with Crippen LogP contribution in [0.25, 0.3) is 0 Å². The van der Waals surface area contributed by atoms with Crippen LogP contribution in [-0.4, -0.2) is 13.0 Å². The smallest absolute Gasteiger partial charge is 0.553 e. The van der Waals surface area contributed by atoms with Crippen LogP contribution in [0.2, 0.25) is 0 Å². The largest absolute Gasteiger partial charge is 2.00 e. The second kappa shape index (κ2) is 15.7. The van der Waals surface area contributed by atoms with Crippen LogP contribution >= 0.6 is 11.6 Å². The molecular formula is C4H9ClOU. The monoisotopic (exact) mass is 346 g/mol. The zero-order chi connectivity index (χ0) is 4.12. The van der Waals surface area contributed by atoms with Gasteiger partial charge in [-0.2, -0.15) is 18.2 Å². The van der Waals surface area contributed by atoms with Gasteiger partial charge in [-0.05, 0) is 7.11 Å². The Morgan fingerprint density at radius 3 is 2.14 bits per heavy atom. The summed E-state index contributed by atoms with van der Waals surface area (Å²) in [4.78, 5) is 0. The first kappa shape index (κ1) is 15.7. The Hall–Kier alpha value is 1.30. The molecule has 0 bridgehead atoms. The van der Waals surface area contributed by atoms with Gasteiger partial charge in [0.2, 0.25) is 0 Å². The number of rotatable bonds is 2. The van der Waals surface area contributed by atoms with E-state index in [-0.39, 0.29) is 38.5 Å². The number of ether oxygens (including phenoxy) is 1. The van der Waals surface area contributed by atoms with E-state index in [1.165, 1.54) is 6.61 Å². The number of halogens is 1. The molecule has 0 saturated carbocycles. The molecule has 0 aliphatic rings. The van der Waals surface area contributed by atoms with E-state index in [0.29, 0.717) is 5.88 Å². The fraction of sp³-hybridized carbons (Fsp3) is 0.500. The fourth-order valence-corrected chi connectivity index (χ4v) is 0.189. The Kier molecular flexibility index (Phi) is 35.2. The molecule has 3 heteroatoms. The summed E-state index contributed by atoms with van der Waals surface area (Å²) in [6.07, 6.45) is 0. The summed E-state index contributed by atoms with van der Waals surface area (Å²) in [6.45, 7) is 1.52. The summed E-state index contributed by atoms with van der Waals surface area (Å²) in [6, 6.07) is 0. The van der Waals surface area contributed by atoms with Gasteiger partial charge in [0, 0.05) is 0 Å². The van der Waals surface area contributed by atoms with Crippen LogP contribution in [0.3, 0.4) is 0 Å². The van der Waals surface area contributed by atoms with Gasteiger partial charge in [-0.15, -0.1) is 0 Å². The van der Waals surface area contributed by atoms with E-state index in [1.54, 1.807) is 7.11 Å². The van der Waals surface area contributed by atoms with Gasteiger partial charge in [-0.25, -0.2) is 0 Å². The number of alkyl halides is 1. The Morgan fingerprint density at radius 2 is 2.14 bits per heavy atom. The van der Waals surface area contributed by atoms with E-state index in [0.717, 1.165) is 0 Å². The van der Waals surface area contributed by atoms with Crippen molar-refractivity contribution in [3.05, 3.63) is 14.0 Å². The molecule has 0 atom stereocenters. The van der Waals surface area contributed by atoms with Crippen molar-refractivity contribution in [3.63, 3.8) is 0 Å². The molecule has 0 fully saturated rings. The van der Waals surface area contributed by atoms with Crippen LogP contribution in [-0.2, 0) is 4.74 Å². The van der Waals surface area contributed by atoms with Crippen molar-refractivity contribution in [1.29, 1.82) is 0 Å². The SMILES string of the molecule is CO[CH-]CCl.[CH3-].[U+2]. The zero-order valence-electron chi connectivity index (χ0n) is 4.57. The van der Waals surface area contributed by atoms with Gasteiger partial charge in [0.1, 0.15) is 0 Å². The van der Waals surface area contributed by atoms with E-state index in [2.05, 4.69) is 4.74 Å². The number of methoxy groups -OCH3 is 1. The molecule has 0 rings (SSSR count). The summed E-state index contributed by atoms with van der Waals surface area (Å²) in [5.74, 6) is 0.469. The molecule has 0 amide bonds. The van der Waals surface area contributed by atoms with E-state index < -0.39 is 0 Å². The van der Waals surface area contributed by atoms with E-state index in [1.807, 2.05) is 0 Å². The van der Waals surface area contributed by atoms with Crippen molar-refractivity contribution in [1.82, 2.24) is 0 Å². The van der Waals surface area contributed by atoms with Crippen LogP contribution in [0.15, 0.2) is 0 Å². The summed E-state index contributed by atoms with van der Waals surface area (Å²) in [5.41, 5.74) is 0. The minimum absolute atomic E-state index is 0. The van der Waals surface area contributed by atoms with Gasteiger partial charge in [0.05, 0.1) is 0 Å². The van der Waals surface area contributed by atoms with Crippen molar-refractivity contribution < 1.29 is 35.9 Å². The van der Waals surface area contributed by atoms with Crippen LogP contribution in [0.1, 0.15) is 0 Å². The minimum atomic E-state index is 0. The van der Waals surface area contributed by atoms with Crippen molar-refractivity contribution in [2.45, 2.75) is 0 Å². The van der Waals surface area contributed by atoms with Gasteiger partial charge >= 0.3 is 31.1 Å². The quantitative estimate of drug-likeness (QED) is 0.544. The molecule has 1 nitrogen and oxygen atoms in total. The van der Waals surface area contributed by atoms with Crippen LogP contribution in [0, 0.1) is 45.1 Å². The molecule has 0 saturated heterocycles. The third-order valence-corrected chi connectivity index (χ3v) is 0.356. The first-order chi connectivity index (χ1) is 2.41. The van der Waals surface area contributed by atoms with Gasteiger partial charge in [0.25, 0.3) is 0 Å².